The summed E-state index contributed by atoms with van der Waals surface area (Å²) in [7, 11) is 1.57. The summed E-state index contributed by atoms with van der Waals surface area (Å²) >= 11 is 11.6. The highest BCUT2D eigenvalue weighted by molar-refractivity contribution is 6.42. The van der Waals surface area contributed by atoms with Crippen molar-refractivity contribution >= 4 is 40.7 Å². The summed E-state index contributed by atoms with van der Waals surface area (Å²) in [6, 6.07) is 4.58. The minimum atomic E-state index is -0.776. The van der Waals surface area contributed by atoms with Gasteiger partial charge in [-0.05, 0) is 24.6 Å². The largest absolute Gasteiger partial charge is 0.385 e. The van der Waals surface area contributed by atoms with Gasteiger partial charge in [0.05, 0.1) is 10.7 Å². The average Bonchev–Trinajstić information content (AvgIpc) is 2.37. The van der Waals surface area contributed by atoms with Crippen LogP contribution in [0.2, 0.25) is 10.0 Å². The van der Waals surface area contributed by atoms with Gasteiger partial charge in [-0.15, -0.1) is 0 Å². The molecule has 1 aromatic carbocycles. The molecule has 104 valence electrons. The van der Waals surface area contributed by atoms with Gasteiger partial charge in [0.2, 0.25) is 0 Å². The molecule has 19 heavy (non-hydrogen) atoms. The quantitative estimate of drug-likeness (QED) is 0.646. The Morgan fingerprint density at radius 3 is 2.63 bits per heavy atom. The molecule has 0 saturated heterocycles. The molecular weight excluding hydrogens is 291 g/mol. The third-order valence-electron chi connectivity index (χ3n) is 2.20. The number of carbonyl (C=O) groups excluding carboxylic acids is 2. The Kier molecular flexibility index (Phi) is 6.62. The van der Waals surface area contributed by atoms with Gasteiger partial charge in [0.15, 0.2) is 0 Å². The zero-order valence-electron chi connectivity index (χ0n) is 10.3. The van der Waals surface area contributed by atoms with Crippen LogP contribution in [-0.2, 0) is 14.3 Å². The molecule has 2 N–H and O–H groups in total. The molecule has 2 amide bonds. The molecule has 5 nitrogen and oxygen atoms in total. The lowest BCUT2D eigenvalue weighted by Gasteiger charge is -2.08. The molecule has 0 aliphatic carbocycles. The Morgan fingerprint density at radius 1 is 1.26 bits per heavy atom. The first-order valence-electron chi connectivity index (χ1n) is 5.57. The maximum Gasteiger partial charge on any atom is 0.313 e. The third-order valence-corrected chi connectivity index (χ3v) is 2.74. The molecule has 0 spiro atoms. The van der Waals surface area contributed by atoms with Gasteiger partial charge in [-0.2, -0.15) is 0 Å². The minimum Gasteiger partial charge on any atom is -0.385 e. The van der Waals surface area contributed by atoms with Gasteiger partial charge in [-0.25, -0.2) is 0 Å². The summed E-state index contributed by atoms with van der Waals surface area (Å²) in [4.78, 5) is 23.0. The van der Waals surface area contributed by atoms with Crippen molar-refractivity contribution in [3.63, 3.8) is 0 Å². The summed E-state index contributed by atoms with van der Waals surface area (Å²) in [6.07, 6.45) is 0.636. The predicted molar refractivity (Wildman–Crippen MR) is 74.6 cm³/mol. The van der Waals surface area contributed by atoms with Gasteiger partial charge < -0.3 is 15.4 Å². The molecule has 0 aromatic heterocycles. The van der Waals surface area contributed by atoms with Gasteiger partial charge in [-0.3, -0.25) is 9.59 Å². The Morgan fingerprint density at radius 2 is 2.00 bits per heavy atom. The molecule has 0 unspecified atom stereocenters. The maximum absolute atomic E-state index is 11.6. The number of ether oxygens (including phenoxy) is 1. The first-order chi connectivity index (χ1) is 9.04. The molecular formula is C12H14Cl2N2O3. The lowest BCUT2D eigenvalue weighted by atomic mass is 10.3. The smallest absolute Gasteiger partial charge is 0.313 e. The Hall–Kier alpha value is -1.30. The standard InChI is InChI=1S/C12H14Cl2N2O3/c1-19-6-2-5-15-11(17)12(18)16-10-4-3-8(13)7-9(10)14/h3-4,7H,2,5-6H2,1H3,(H,15,17)(H,16,18). The van der Waals surface area contributed by atoms with Crippen molar-refractivity contribution in [3.8, 4) is 0 Å². The van der Waals surface area contributed by atoms with Gasteiger partial charge in [-0.1, -0.05) is 23.2 Å². The van der Waals surface area contributed by atoms with Crippen molar-refractivity contribution in [2.24, 2.45) is 0 Å². The monoisotopic (exact) mass is 304 g/mol. The molecule has 7 heteroatoms. The predicted octanol–water partition coefficient (Wildman–Crippen LogP) is 2.08. The second-order valence-corrected chi connectivity index (χ2v) is 4.52. The minimum absolute atomic E-state index is 0.271. The summed E-state index contributed by atoms with van der Waals surface area (Å²) in [5, 5.41) is 5.60. The Balaban J connectivity index is 2.47. The normalized spacial score (nSPS) is 10.1. The van der Waals surface area contributed by atoms with Crippen molar-refractivity contribution < 1.29 is 14.3 Å². The molecule has 0 aliphatic rings. The lowest BCUT2D eigenvalue weighted by Crippen LogP contribution is -2.36. The van der Waals surface area contributed by atoms with E-state index in [-0.39, 0.29) is 5.02 Å². The summed E-state index contributed by atoms with van der Waals surface area (Å²) in [5.74, 6) is -1.50. The molecule has 0 heterocycles. The van der Waals surface area contributed by atoms with Gasteiger partial charge in [0.1, 0.15) is 0 Å². The fraction of sp³-hybridized carbons (Fsp3) is 0.333. The van der Waals surface area contributed by atoms with E-state index >= 15 is 0 Å². The fourth-order valence-corrected chi connectivity index (χ4v) is 1.72. The second kappa shape index (κ2) is 7.99. The van der Waals surface area contributed by atoms with Crippen molar-refractivity contribution in [1.29, 1.82) is 0 Å². The molecule has 0 atom stereocenters. The van der Waals surface area contributed by atoms with Crippen LogP contribution in [0.25, 0.3) is 0 Å². The number of hydrogen-bond acceptors (Lipinski definition) is 3. The van der Waals surface area contributed by atoms with E-state index < -0.39 is 11.8 Å². The molecule has 0 radical (unpaired) electrons. The number of nitrogens with one attached hydrogen (secondary N) is 2. The van der Waals surface area contributed by atoms with Crippen LogP contribution in [0.5, 0.6) is 0 Å². The number of hydrogen-bond donors (Lipinski definition) is 2. The van der Waals surface area contributed by atoms with Crippen LogP contribution in [0.1, 0.15) is 6.42 Å². The summed E-state index contributed by atoms with van der Waals surface area (Å²) in [6.45, 7) is 0.888. The SMILES string of the molecule is COCCCNC(=O)C(=O)Nc1ccc(Cl)cc1Cl. The summed E-state index contributed by atoms with van der Waals surface area (Å²) in [5.41, 5.74) is 0.336. The Bertz CT molecular complexity index is 466. The van der Waals surface area contributed by atoms with Crippen molar-refractivity contribution in [1.82, 2.24) is 5.32 Å². The lowest BCUT2D eigenvalue weighted by molar-refractivity contribution is -0.136. The highest BCUT2D eigenvalue weighted by Gasteiger charge is 2.14. The van der Waals surface area contributed by atoms with Crippen molar-refractivity contribution in [2.75, 3.05) is 25.6 Å². The first kappa shape index (κ1) is 15.8. The van der Waals surface area contributed by atoms with Crippen LogP contribution < -0.4 is 10.6 Å². The fourth-order valence-electron chi connectivity index (χ4n) is 1.27. The number of benzene rings is 1. The molecule has 0 saturated carbocycles. The third kappa shape index (κ3) is 5.46. The zero-order valence-corrected chi connectivity index (χ0v) is 11.8. The van der Waals surface area contributed by atoms with E-state index in [0.717, 1.165) is 0 Å². The second-order valence-electron chi connectivity index (χ2n) is 3.68. The maximum atomic E-state index is 11.6. The van der Waals surface area contributed by atoms with E-state index in [1.54, 1.807) is 13.2 Å². The van der Waals surface area contributed by atoms with Crippen LogP contribution in [0.3, 0.4) is 0 Å². The molecule has 0 fully saturated rings. The van der Waals surface area contributed by atoms with E-state index in [9.17, 15) is 9.59 Å². The molecule has 1 aromatic rings. The highest BCUT2D eigenvalue weighted by Crippen LogP contribution is 2.25. The number of methoxy groups -OCH3 is 1. The van der Waals surface area contributed by atoms with Crippen molar-refractivity contribution in [3.05, 3.63) is 28.2 Å². The zero-order chi connectivity index (χ0) is 14.3. The van der Waals surface area contributed by atoms with E-state index in [0.29, 0.717) is 30.3 Å². The van der Waals surface area contributed by atoms with E-state index in [2.05, 4.69) is 10.6 Å². The van der Waals surface area contributed by atoms with Crippen LogP contribution in [-0.4, -0.2) is 32.1 Å². The number of halogens is 2. The van der Waals surface area contributed by atoms with Crippen LogP contribution in [0.15, 0.2) is 18.2 Å². The number of anilines is 1. The van der Waals surface area contributed by atoms with Crippen molar-refractivity contribution in [2.45, 2.75) is 6.42 Å². The number of carbonyl (C=O) groups is 2. The number of rotatable bonds is 5. The Labute approximate surface area is 121 Å². The van der Waals surface area contributed by atoms with E-state index in [4.69, 9.17) is 27.9 Å². The van der Waals surface area contributed by atoms with Crippen LogP contribution in [0.4, 0.5) is 5.69 Å². The average molecular weight is 305 g/mol. The summed E-state index contributed by atoms with van der Waals surface area (Å²) < 4.78 is 4.82. The topological polar surface area (TPSA) is 67.4 Å². The number of amides is 2. The molecule has 0 bridgehead atoms. The first-order valence-corrected chi connectivity index (χ1v) is 6.33. The highest BCUT2D eigenvalue weighted by atomic mass is 35.5. The molecule has 0 aliphatic heterocycles. The van der Waals surface area contributed by atoms with Crippen LogP contribution in [0, 0.1) is 0 Å². The van der Waals surface area contributed by atoms with Gasteiger partial charge in [0.25, 0.3) is 0 Å². The van der Waals surface area contributed by atoms with Crippen LogP contribution >= 0.6 is 23.2 Å². The molecule has 1 rings (SSSR count). The van der Waals surface area contributed by atoms with E-state index in [1.165, 1.54) is 12.1 Å². The van der Waals surface area contributed by atoms with Gasteiger partial charge >= 0.3 is 11.8 Å². The van der Waals surface area contributed by atoms with Gasteiger partial charge in [0, 0.05) is 25.3 Å². The van der Waals surface area contributed by atoms with E-state index in [1.807, 2.05) is 0 Å².